The van der Waals surface area contributed by atoms with Crippen molar-refractivity contribution in [3.05, 3.63) is 11.6 Å². The third kappa shape index (κ3) is 4.32. The molecule has 8 nitrogen and oxygen atoms in total. The van der Waals surface area contributed by atoms with E-state index in [9.17, 15) is 19.5 Å². The van der Waals surface area contributed by atoms with E-state index in [1.807, 2.05) is 0 Å². The lowest BCUT2D eigenvalue weighted by molar-refractivity contribution is -0.159. The van der Waals surface area contributed by atoms with Crippen molar-refractivity contribution in [2.45, 2.75) is 83.8 Å². The summed E-state index contributed by atoms with van der Waals surface area (Å²) in [6, 6.07) is -1.06. The molecule has 0 aromatic carbocycles. The second kappa shape index (κ2) is 9.54. The number of carbonyl (C=O) groups is 3. The molecule has 4 rings (SSSR count). The molecule has 194 valence electrons. The number of rotatable bonds is 7. The first-order valence-electron chi connectivity index (χ1n) is 12.7. The fraction of sp³-hybridized carbons (Fsp3) is 0.769. The van der Waals surface area contributed by atoms with Crippen molar-refractivity contribution in [2.75, 3.05) is 12.4 Å². The summed E-state index contributed by atoms with van der Waals surface area (Å²) in [6.45, 7) is 5.70. The van der Waals surface area contributed by atoms with E-state index in [-0.39, 0.29) is 29.0 Å². The molecule has 9 heteroatoms. The normalized spacial score (nSPS) is 40.1. The van der Waals surface area contributed by atoms with Gasteiger partial charge in [-0.1, -0.05) is 24.6 Å². The summed E-state index contributed by atoms with van der Waals surface area (Å²) in [5.74, 6) is -0.363. The number of hydrogen-bond acceptors (Lipinski definition) is 7. The Morgan fingerprint density at radius 3 is 2.54 bits per heavy atom. The monoisotopic (exact) mass is 506 g/mol. The maximum absolute atomic E-state index is 12.4. The molecular formula is C26H38N2O6S. The van der Waals surface area contributed by atoms with Gasteiger partial charge in [-0.2, -0.15) is 12.6 Å². The van der Waals surface area contributed by atoms with E-state index >= 15 is 0 Å². The van der Waals surface area contributed by atoms with Crippen LogP contribution in [-0.2, 0) is 19.2 Å². The van der Waals surface area contributed by atoms with Crippen LogP contribution in [0.3, 0.4) is 0 Å². The van der Waals surface area contributed by atoms with Crippen LogP contribution in [0.1, 0.15) is 72.1 Å². The summed E-state index contributed by atoms with van der Waals surface area (Å²) in [5.41, 5.74) is 0.729. The van der Waals surface area contributed by atoms with Crippen molar-refractivity contribution >= 4 is 36.0 Å². The van der Waals surface area contributed by atoms with Crippen molar-refractivity contribution in [3.8, 4) is 0 Å². The summed E-state index contributed by atoms with van der Waals surface area (Å²) in [4.78, 5) is 40.6. The molecule has 3 N–H and O–H groups in total. The number of hydrogen-bond donors (Lipinski definition) is 4. The predicted molar refractivity (Wildman–Crippen MR) is 134 cm³/mol. The standard InChI is InChI=1S/C26H38N2O6S/c1-15(29)26(33)11-8-20-18-5-4-16-12-17(28-34-13-22(30)27-21(14-35)23(31)32)6-9-24(16,2)19(18)7-10-25(20,26)3/h12,18-21,33,35H,4-11,13-14H2,1-3H3,(H,27,30)(H,31,32)/t18-,19+,20+,21+,24+,25+,26+/m1/s1. The van der Waals surface area contributed by atoms with Crippen LogP contribution < -0.4 is 5.32 Å². The average molecular weight is 507 g/mol. The van der Waals surface area contributed by atoms with Crippen molar-refractivity contribution < 1.29 is 29.4 Å². The van der Waals surface area contributed by atoms with Crippen molar-refractivity contribution in [3.63, 3.8) is 0 Å². The van der Waals surface area contributed by atoms with Crippen LogP contribution in [0.15, 0.2) is 16.8 Å². The molecule has 0 unspecified atom stereocenters. The number of ketones is 1. The number of carboxylic acids is 1. The SMILES string of the molecule is CC(=O)[C@@]1(O)CC[C@H]2[C@@H]3CCC4=CC(=NOCC(=O)N[C@@H](CS)C(=O)O)CC[C@]4(C)[C@H]3CC[C@@]21C. The van der Waals surface area contributed by atoms with Gasteiger partial charge < -0.3 is 20.4 Å². The summed E-state index contributed by atoms with van der Waals surface area (Å²) >= 11 is 3.93. The van der Waals surface area contributed by atoms with E-state index in [2.05, 4.69) is 43.0 Å². The number of amides is 1. The van der Waals surface area contributed by atoms with Crippen molar-refractivity contribution in [2.24, 2.45) is 33.7 Å². The molecule has 1 amide bonds. The minimum atomic E-state index is -1.19. The number of fused-ring (bicyclic) bond motifs is 5. The van der Waals surface area contributed by atoms with Crippen LogP contribution in [0.5, 0.6) is 0 Å². The maximum Gasteiger partial charge on any atom is 0.327 e. The van der Waals surface area contributed by atoms with Gasteiger partial charge >= 0.3 is 5.97 Å². The highest BCUT2D eigenvalue weighted by atomic mass is 32.1. The van der Waals surface area contributed by atoms with Crippen LogP contribution >= 0.6 is 12.6 Å². The van der Waals surface area contributed by atoms with Crippen LogP contribution in [-0.4, -0.2) is 57.6 Å². The second-order valence-corrected chi connectivity index (χ2v) is 11.8. The molecule has 3 fully saturated rings. The maximum atomic E-state index is 12.4. The third-order valence-corrected chi connectivity index (χ3v) is 10.3. The smallest absolute Gasteiger partial charge is 0.327 e. The summed E-state index contributed by atoms with van der Waals surface area (Å²) in [7, 11) is 0. The Labute approximate surface area is 212 Å². The first kappa shape index (κ1) is 26.2. The fourth-order valence-corrected chi connectivity index (χ4v) is 8.08. The molecule has 0 heterocycles. The summed E-state index contributed by atoms with van der Waals surface area (Å²) in [5, 5.41) is 26.8. The quantitative estimate of drug-likeness (QED) is 0.311. The Balaban J connectivity index is 1.43. The number of carbonyl (C=O) groups excluding carboxylic acids is 2. The Morgan fingerprint density at radius 2 is 1.89 bits per heavy atom. The Kier molecular flexibility index (Phi) is 7.14. The Bertz CT molecular complexity index is 965. The Hall–Kier alpha value is -1.87. The molecule has 0 bridgehead atoms. The van der Waals surface area contributed by atoms with Crippen LogP contribution in [0, 0.1) is 28.6 Å². The number of carboxylic acid groups (broad SMARTS) is 1. The molecule has 0 radical (unpaired) electrons. The summed E-state index contributed by atoms with van der Waals surface area (Å²) < 4.78 is 0. The minimum absolute atomic E-state index is 0.00349. The van der Waals surface area contributed by atoms with E-state index in [0.29, 0.717) is 24.2 Å². The van der Waals surface area contributed by atoms with Crippen LogP contribution in [0.2, 0.25) is 0 Å². The second-order valence-electron chi connectivity index (χ2n) is 11.4. The molecule has 4 aliphatic carbocycles. The highest BCUT2D eigenvalue weighted by molar-refractivity contribution is 7.80. The lowest BCUT2D eigenvalue weighted by Crippen LogP contribution is -2.57. The largest absolute Gasteiger partial charge is 0.480 e. The number of aliphatic carboxylic acids is 1. The van der Waals surface area contributed by atoms with Crippen LogP contribution in [0.25, 0.3) is 0 Å². The van der Waals surface area contributed by atoms with Gasteiger partial charge in [0.05, 0.1) is 5.71 Å². The average Bonchev–Trinajstić information content (AvgIpc) is 3.09. The molecule has 4 aliphatic rings. The number of oxime groups is 1. The van der Waals surface area contributed by atoms with Gasteiger partial charge in [0.2, 0.25) is 0 Å². The van der Waals surface area contributed by atoms with Gasteiger partial charge in [0, 0.05) is 11.2 Å². The Morgan fingerprint density at radius 1 is 1.17 bits per heavy atom. The van der Waals surface area contributed by atoms with Crippen molar-refractivity contribution in [1.29, 1.82) is 0 Å². The van der Waals surface area contributed by atoms with E-state index in [1.165, 1.54) is 5.57 Å². The van der Waals surface area contributed by atoms with E-state index < -0.39 is 23.5 Å². The molecule has 0 aromatic heterocycles. The first-order chi connectivity index (χ1) is 16.5. The van der Waals surface area contributed by atoms with Gasteiger partial charge in [-0.3, -0.25) is 9.59 Å². The molecule has 3 saturated carbocycles. The lowest BCUT2D eigenvalue weighted by Gasteiger charge is -2.59. The van der Waals surface area contributed by atoms with Gasteiger partial charge in [-0.15, -0.1) is 0 Å². The zero-order chi connectivity index (χ0) is 25.6. The van der Waals surface area contributed by atoms with Gasteiger partial charge in [0.25, 0.3) is 5.91 Å². The molecule has 0 aliphatic heterocycles. The fourth-order valence-electron chi connectivity index (χ4n) is 7.83. The molecule has 0 spiro atoms. The van der Waals surface area contributed by atoms with Gasteiger partial charge in [0.1, 0.15) is 11.6 Å². The van der Waals surface area contributed by atoms with Crippen molar-refractivity contribution in [1.82, 2.24) is 5.32 Å². The number of nitrogens with zero attached hydrogens (tertiary/aromatic N) is 1. The number of aliphatic hydroxyl groups is 1. The number of nitrogens with one attached hydrogen (secondary N) is 1. The van der Waals surface area contributed by atoms with E-state index in [0.717, 1.165) is 50.7 Å². The third-order valence-electron chi connectivity index (χ3n) is 9.90. The number of Topliss-reactive ketones (excluding diaryl/α,β-unsaturated/α-hetero) is 1. The lowest BCUT2D eigenvalue weighted by atomic mass is 9.46. The number of allylic oxidation sites excluding steroid dienone is 2. The summed E-state index contributed by atoms with van der Waals surface area (Å²) in [6.07, 6.45) is 9.23. The van der Waals surface area contributed by atoms with Gasteiger partial charge in [-0.25, -0.2) is 4.79 Å². The zero-order valence-corrected chi connectivity index (χ0v) is 21.8. The number of thiol groups is 1. The van der Waals surface area contributed by atoms with E-state index in [4.69, 9.17) is 9.94 Å². The molecule has 35 heavy (non-hydrogen) atoms. The molecular weight excluding hydrogens is 468 g/mol. The molecule has 0 saturated heterocycles. The minimum Gasteiger partial charge on any atom is -0.480 e. The van der Waals surface area contributed by atoms with Crippen LogP contribution in [0.4, 0.5) is 0 Å². The highest BCUT2D eigenvalue weighted by Crippen LogP contribution is 2.67. The highest BCUT2D eigenvalue weighted by Gasteiger charge is 2.65. The zero-order valence-electron chi connectivity index (χ0n) is 20.9. The predicted octanol–water partition coefficient (Wildman–Crippen LogP) is 3.14. The topological polar surface area (TPSA) is 125 Å². The van der Waals surface area contributed by atoms with Gasteiger partial charge in [-0.05, 0) is 87.5 Å². The first-order valence-corrected chi connectivity index (χ1v) is 13.4. The molecule has 7 atom stereocenters. The van der Waals surface area contributed by atoms with Gasteiger partial charge in [0.15, 0.2) is 12.4 Å². The molecule has 0 aromatic rings. The van der Waals surface area contributed by atoms with E-state index in [1.54, 1.807) is 6.92 Å².